The fourth-order valence-electron chi connectivity index (χ4n) is 3.69. The lowest BCUT2D eigenvalue weighted by molar-refractivity contribution is 0.149. The number of halogens is 2. The van der Waals surface area contributed by atoms with Gasteiger partial charge in [0.1, 0.15) is 17.8 Å². The molecule has 4 rings (SSSR count). The SMILES string of the molecule is Cn1c(Nc2cc(C(C)(C)C)n(CC#N)n2)nc2ncc(OC(=CN)c3cnccn3)c(C(F)F)c21. The fraction of sp³-hybridized carbons (Fsp3) is 0.304. The Bertz CT molecular complexity index is 1460. The molecule has 0 radical (unpaired) electrons. The molecule has 0 aliphatic heterocycles. The smallest absolute Gasteiger partial charge is 0.269 e. The Hall–Kier alpha value is -4.60. The van der Waals surface area contributed by atoms with Gasteiger partial charge in [-0.25, -0.2) is 18.7 Å². The van der Waals surface area contributed by atoms with Gasteiger partial charge in [0.25, 0.3) is 6.43 Å². The zero-order valence-corrected chi connectivity index (χ0v) is 20.1. The van der Waals surface area contributed by atoms with Gasteiger partial charge >= 0.3 is 0 Å². The number of pyridine rings is 1. The van der Waals surface area contributed by atoms with E-state index in [2.05, 4.69) is 36.4 Å². The molecule has 0 spiro atoms. The molecular weight excluding hydrogens is 470 g/mol. The molecule has 4 aromatic rings. The van der Waals surface area contributed by atoms with E-state index in [0.717, 1.165) is 11.9 Å². The van der Waals surface area contributed by atoms with Gasteiger partial charge < -0.3 is 20.4 Å². The predicted molar refractivity (Wildman–Crippen MR) is 128 cm³/mol. The van der Waals surface area contributed by atoms with Gasteiger partial charge in [0.15, 0.2) is 23.0 Å². The Balaban J connectivity index is 1.75. The molecule has 0 amide bonds. The van der Waals surface area contributed by atoms with Gasteiger partial charge in [-0.1, -0.05) is 20.8 Å². The molecule has 0 aliphatic carbocycles. The first-order valence-electron chi connectivity index (χ1n) is 10.9. The third-order valence-electron chi connectivity index (χ3n) is 5.32. The molecule has 36 heavy (non-hydrogen) atoms. The molecule has 0 saturated heterocycles. The number of imidazole rings is 1. The van der Waals surface area contributed by atoms with Crippen LogP contribution in [0.5, 0.6) is 5.75 Å². The van der Waals surface area contributed by atoms with E-state index in [1.807, 2.05) is 20.8 Å². The maximum absolute atomic E-state index is 14.3. The summed E-state index contributed by atoms with van der Waals surface area (Å²) >= 11 is 0. The van der Waals surface area contributed by atoms with Gasteiger partial charge in [-0.05, 0) is 0 Å². The Morgan fingerprint density at radius 3 is 2.67 bits per heavy atom. The van der Waals surface area contributed by atoms with Crippen LogP contribution in [0.15, 0.2) is 37.1 Å². The van der Waals surface area contributed by atoms with Crippen molar-refractivity contribution in [2.24, 2.45) is 12.8 Å². The molecule has 4 heterocycles. The highest BCUT2D eigenvalue weighted by Crippen LogP contribution is 2.37. The monoisotopic (exact) mass is 494 g/mol. The van der Waals surface area contributed by atoms with Crippen LogP contribution in [-0.2, 0) is 19.0 Å². The van der Waals surface area contributed by atoms with Crippen LogP contribution in [-0.4, -0.2) is 34.3 Å². The van der Waals surface area contributed by atoms with Gasteiger partial charge in [0, 0.05) is 42.8 Å². The summed E-state index contributed by atoms with van der Waals surface area (Å²) in [5.41, 5.74) is 6.25. The molecule has 4 aromatic heterocycles. The number of aryl methyl sites for hydroxylation is 1. The first kappa shape index (κ1) is 24.5. The molecule has 3 N–H and O–H groups in total. The second-order valence-electron chi connectivity index (χ2n) is 8.83. The fourth-order valence-corrected chi connectivity index (χ4v) is 3.69. The van der Waals surface area contributed by atoms with Crippen molar-refractivity contribution in [1.29, 1.82) is 5.26 Å². The summed E-state index contributed by atoms with van der Waals surface area (Å²) in [5.74, 6) is 0.508. The minimum atomic E-state index is -2.91. The Labute approximate surface area is 205 Å². The summed E-state index contributed by atoms with van der Waals surface area (Å²) < 4.78 is 37.4. The average Bonchev–Trinajstić information content (AvgIpc) is 3.39. The van der Waals surface area contributed by atoms with E-state index < -0.39 is 12.0 Å². The second kappa shape index (κ2) is 9.57. The second-order valence-corrected chi connectivity index (χ2v) is 8.83. The van der Waals surface area contributed by atoms with Gasteiger partial charge in [0.2, 0.25) is 5.95 Å². The number of aromatic nitrogens is 7. The predicted octanol–water partition coefficient (Wildman–Crippen LogP) is 3.79. The molecule has 0 aromatic carbocycles. The van der Waals surface area contributed by atoms with Gasteiger partial charge in [-0.3, -0.25) is 9.67 Å². The van der Waals surface area contributed by atoms with E-state index in [4.69, 9.17) is 15.7 Å². The number of rotatable bonds is 7. The Morgan fingerprint density at radius 2 is 2.06 bits per heavy atom. The van der Waals surface area contributed by atoms with Crippen LogP contribution in [0.4, 0.5) is 20.5 Å². The number of hydrogen-bond donors (Lipinski definition) is 2. The summed E-state index contributed by atoms with van der Waals surface area (Å²) in [7, 11) is 1.58. The topological polar surface area (TPSA) is 145 Å². The van der Waals surface area contributed by atoms with Gasteiger partial charge in [0.05, 0.1) is 24.0 Å². The number of nitrogens with one attached hydrogen (secondary N) is 1. The number of nitriles is 1. The van der Waals surface area contributed by atoms with Gasteiger partial charge in [-0.15, -0.1) is 0 Å². The minimum Gasteiger partial charge on any atom is -0.451 e. The molecule has 11 nitrogen and oxygen atoms in total. The minimum absolute atomic E-state index is 0.0457. The number of fused-ring (bicyclic) bond motifs is 1. The van der Waals surface area contributed by atoms with Crippen LogP contribution in [0.1, 0.15) is 44.1 Å². The summed E-state index contributed by atoms with van der Waals surface area (Å²) in [6, 6.07) is 3.89. The summed E-state index contributed by atoms with van der Waals surface area (Å²) in [4.78, 5) is 16.6. The van der Waals surface area contributed by atoms with Crippen molar-refractivity contribution in [2.75, 3.05) is 5.32 Å². The first-order valence-corrected chi connectivity index (χ1v) is 10.9. The van der Waals surface area contributed by atoms with Crippen molar-refractivity contribution in [3.8, 4) is 11.8 Å². The van der Waals surface area contributed by atoms with E-state index in [-0.39, 0.29) is 46.3 Å². The van der Waals surface area contributed by atoms with Gasteiger partial charge in [-0.2, -0.15) is 15.3 Å². The van der Waals surface area contributed by atoms with Crippen molar-refractivity contribution < 1.29 is 13.5 Å². The molecule has 0 fully saturated rings. The first-order chi connectivity index (χ1) is 17.1. The van der Waals surface area contributed by atoms with Crippen molar-refractivity contribution in [3.63, 3.8) is 0 Å². The van der Waals surface area contributed by atoms with E-state index in [1.165, 1.54) is 29.4 Å². The standard InChI is InChI=1S/C23H24F2N10O/c1-23(2,3)16-9-17(33-35(16)8-5-26)31-22-32-21-19(34(22)4)18(20(24)25)15(12-30-21)36-14(10-27)13-11-28-6-7-29-13/h6-7,9-12,20H,8,27H2,1-4H3,(H,30,31,32,33). The zero-order chi connectivity index (χ0) is 26.0. The van der Waals surface area contributed by atoms with Crippen LogP contribution < -0.4 is 15.8 Å². The quantitative estimate of drug-likeness (QED) is 0.366. The van der Waals surface area contributed by atoms with Crippen LogP contribution in [0.2, 0.25) is 0 Å². The molecule has 0 atom stereocenters. The molecule has 0 aliphatic rings. The van der Waals surface area contributed by atoms with Crippen LogP contribution in [0.3, 0.4) is 0 Å². The average molecular weight is 495 g/mol. The maximum atomic E-state index is 14.3. The molecule has 13 heteroatoms. The number of ether oxygens (including phenoxy) is 1. The molecule has 0 bridgehead atoms. The summed E-state index contributed by atoms with van der Waals surface area (Å²) in [5, 5.41) is 16.6. The third kappa shape index (κ3) is 4.65. The molecule has 0 saturated carbocycles. The lowest BCUT2D eigenvalue weighted by atomic mass is 9.92. The summed E-state index contributed by atoms with van der Waals surface area (Å²) in [6.45, 7) is 6.07. The third-order valence-corrected chi connectivity index (χ3v) is 5.32. The van der Waals surface area contributed by atoms with Crippen molar-refractivity contribution >= 4 is 28.7 Å². The normalized spacial score (nSPS) is 12.2. The number of nitrogens with zero attached hydrogens (tertiary/aromatic N) is 8. The molecule has 0 unspecified atom stereocenters. The van der Waals surface area contributed by atoms with Crippen molar-refractivity contribution in [2.45, 2.75) is 39.2 Å². The maximum Gasteiger partial charge on any atom is 0.269 e. The van der Waals surface area contributed by atoms with Crippen molar-refractivity contribution in [1.82, 2.24) is 34.3 Å². The highest BCUT2D eigenvalue weighted by Gasteiger charge is 2.26. The van der Waals surface area contributed by atoms with Crippen molar-refractivity contribution in [3.05, 3.63) is 54.0 Å². The number of alkyl halides is 2. The largest absolute Gasteiger partial charge is 0.451 e. The highest BCUT2D eigenvalue weighted by molar-refractivity contribution is 5.82. The van der Waals surface area contributed by atoms with Crippen LogP contribution in [0, 0.1) is 11.3 Å². The lowest BCUT2D eigenvalue weighted by Gasteiger charge is -2.18. The van der Waals surface area contributed by atoms with E-state index >= 15 is 0 Å². The number of hydrogen-bond acceptors (Lipinski definition) is 9. The molecule has 186 valence electrons. The number of nitrogens with two attached hydrogens (primary N) is 1. The lowest BCUT2D eigenvalue weighted by Crippen LogP contribution is -2.18. The van der Waals surface area contributed by atoms with E-state index in [1.54, 1.807) is 17.8 Å². The van der Waals surface area contributed by atoms with Crippen LogP contribution >= 0.6 is 0 Å². The Morgan fingerprint density at radius 1 is 1.28 bits per heavy atom. The van der Waals surface area contributed by atoms with Crippen LogP contribution in [0.25, 0.3) is 16.9 Å². The summed E-state index contributed by atoms with van der Waals surface area (Å²) in [6.07, 6.45) is 3.67. The van der Waals surface area contributed by atoms with E-state index in [9.17, 15) is 8.78 Å². The highest BCUT2D eigenvalue weighted by atomic mass is 19.3. The zero-order valence-electron chi connectivity index (χ0n) is 20.1. The van der Waals surface area contributed by atoms with E-state index in [0.29, 0.717) is 5.82 Å². The number of anilines is 2. The molecular formula is C23H24F2N10O. The Kier molecular flexibility index (Phi) is 6.52.